The van der Waals surface area contributed by atoms with E-state index in [1.54, 1.807) is 0 Å². The van der Waals surface area contributed by atoms with Gasteiger partial charge in [0.15, 0.2) is 6.29 Å². The Labute approximate surface area is 77.7 Å². The van der Waals surface area contributed by atoms with Crippen molar-refractivity contribution in [3.63, 3.8) is 0 Å². The molecule has 1 N–H and O–H groups in total. The third-order valence-electron chi connectivity index (χ3n) is 1.85. The van der Waals surface area contributed by atoms with E-state index in [2.05, 4.69) is 9.97 Å². The zero-order valence-electron chi connectivity index (χ0n) is 6.93. The average Bonchev–Trinajstić information content (AvgIpc) is 2.59. The highest BCUT2D eigenvalue weighted by molar-refractivity contribution is 5.91. The molecule has 0 spiro atoms. The number of carbonyl (C=O) groups excluding carboxylic acids is 1. The first-order valence-electron chi connectivity index (χ1n) is 3.79. The predicted octanol–water partition coefficient (Wildman–Crippen LogP) is 1.28. The first-order valence-corrected chi connectivity index (χ1v) is 3.79. The molecule has 0 aromatic carbocycles. The van der Waals surface area contributed by atoms with E-state index in [0.29, 0.717) is 17.3 Å². The van der Waals surface area contributed by atoms with E-state index >= 15 is 0 Å². The highest BCUT2D eigenvalue weighted by atomic mass is 16.6. The van der Waals surface area contributed by atoms with E-state index in [-0.39, 0.29) is 11.4 Å². The van der Waals surface area contributed by atoms with E-state index in [1.807, 2.05) is 0 Å². The number of hydrogen-bond acceptors (Lipinski definition) is 4. The summed E-state index contributed by atoms with van der Waals surface area (Å²) < 4.78 is 0. The molecular weight excluding hydrogens is 186 g/mol. The molecule has 0 aliphatic rings. The number of nitrogens with one attached hydrogen (secondary N) is 1. The summed E-state index contributed by atoms with van der Waals surface area (Å²) in [6.45, 7) is 0. The van der Waals surface area contributed by atoms with E-state index < -0.39 is 4.92 Å². The van der Waals surface area contributed by atoms with E-state index in [9.17, 15) is 14.9 Å². The van der Waals surface area contributed by atoms with Gasteiger partial charge >= 0.3 is 0 Å². The lowest BCUT2D eigenvalue weighted by atomic mass is 10.3. The van der Waals surface area contributed by atoms with Crippen molar-refractivity contribution in [2.24, 2.45) is 0 Å². The molecule has 2 rings (SSSR count). The molecule has 2 aromatic rings. The second-order valence-corrected chi connectivity index (χ2v) is 2.69. The van der Waals surface area contributed by atoms with Crippen LogP contribution >= 0.6 is 0 Å². The van der Waals surface area contributed by atoms with Gasteiger partial charge in [0.2, 0.25) is 0 Å². The highest BCUT2D eigenvalue weighted by Crippen LogP contribution is 2.23. The van der Waals surface area contributed by atoms with E-state index in [1.165, 1.54) is 18.3 Å². The topological polar surface area (TPSA) is 88.9 Å². The number of nitro groups is 1. The van der Waals surface area contributed by atoms with Gasteiger partial charge in [0.25, 0.3) is 5.69 Å². The normalized spacial score (nSPS) is 10.3. The summed E-state index contributed by atoms with van der Waals surface area (Å²) >= 11 is 0. The van der Waals surface area contributed by atoms with Crippen molar-refractivity contribution in [1.82, 2.24) is 9.97 Å². The number of aromatic amines is 1. The average molecular weight is 191 g/mol. The first-order chi connectivity index (χ1) is 6.72. The smallest absolute Gasteiger partial charge is 0.281 e. The predicted molar refractivity (Wildman–Crippen MR) is 48.1 cm³/mol. The molecule has 0 aliphatic carbocycles. The van der Waals surface area contributed by atoms with Gasteiger partial charge in [0, 0.05) is 12.3 Å². The molecule has 6 heteroatoms. The SMILES string of the molecule is O=Cc1cc2c([N+](=O)[O-])ccnc2[nH]1. The number of pyridine rings is 1. The Kier molecular flexibility index (Phi) is 1.74. The molecule has 0 saturated carbocycles. The van der Waals surface area contributed by atoms with Crippen LogP contribution in [0.4, 0.5) is 5.69 Å². The Morgan fingerprint density at radius 1 is 1.57 bits per heavy atom. The van der Waals surface area contributed by atoms with Crippen molar-refractivity contribution in [1.29, 1.82) is 0 Å². The van der Waals surface area contributed by atoms with Crippen LogP contribution in [-0.2, 0) is 0 Å². The van der Waals surface area contributed by atoms with Crippen molar-refractivity contribution >= 4 is 23.0 Å². The summed E-state index contributed by atoms with van der Waals surface area (Å²) in [6.07, 6.45) is 1.91. The molecule has 0 atom stereocenters. The molecule has 0 fully saturated rings. The summed E-state index contributed by atoms with van der Waals surface area (Å²) in [5.74, 6) is 0. The number of hydrogen-bond donors (Lipinski definition) is 1. The minimum Gasteiger partial charge on any atom is -0.337 e. The zero-order chi connectivity index (χ0) is 10.1. The van der Waals surface area contributed by atoms with Crippen LogP contribution in [0.15, 0.2) is 18.3 Å². The van der Waals surface area contributed by atoms with Gasteiger partial charge in [-0.25, -0.2) is 4.98 Å². The molecule has 0 aliphatic heterocycles. The molecule has 70 valence electrons. The van der Waals surface area contributed by atoms with Crippen LogP contribution in [0.25, 0.3) is 11.0 Å². The van der Waals surface area contributed by atoms with Crippen molar-refractivity contribution in [2.45, 2.75) is 0 Å². The molecule has 0 bridgehead atoms. The number of H-pyrrole nitrogens is 1. The lowest BCUT2D eigenvalue weighted by Crippen LogP contribution is -1.88. The summed E-state index contributed by atoms with van der Waals surface area (Å²) in [5.41, 5.74) is 0.572. The van der Waals surface area contributed by atoms with Gasteiger partial charge in [-0.2, -0.15) is 0 Å². The maximum atomic E-state index is 10.6. The van der Waals surface area contributed by atoms with E-state index in [0.717, 1.165) is 0 Å². The number of nitrogens with zero attached hydrogens (tertiary/aromatic N) is 2. The van der Waals surface area contributed by atoms with Crippen molar-refractivity contribution in [3.8, 4) is 0 Å². The van der Waals surface area contributed by atoms with Gasteiger partial charge in [-0.3, -0.25) is 14.9 Å². The third kappa shape index (κ3) is 1.13. The molecule has 14 heavy (non-hydrogen) atoms. The summed E-state index contributed by atoms with van der Waals surface area (Å²) in [7, 11) is 0. The number of fused-ring (bicyclic) bond motifs is 1. The van der Waals surface area contributed by atoms with E-state index in [4.69, 9.17) is 0 Å². The zero-order valence-corrected chi connectivity index (χ0v) is 6.93. The fourth-order valence-corrected chi connectivity index (χ4v) is 1.26. The van der Waals surface area contributed by atoms with Gasteiger partial charge in [-0.15, -0.1) is 0 Å². The summed E-state index contributed by atoms with van der Waals surface area (Å²) in [5, 5.41) is 10.9. The fraction of sp³-hybridized carbons (Fsp3) is 0. The van der Waals surface area contributed by atoms with Crippen LogP contribution in [0.3, 0.4) is 0 Å². The highest BCUT2D eigenvalue weighted by Gasteiger charge is 2.13. The second-order valence-electron chi connectivity index (χ2n) is 2.69. The second kappa shape index (κ2) is 2.91. The number of carbonyl (C=O) groups is 1. The fourth-order valence-electron chi connectivity index (χ4n) is 1.26. The number of rotatable bonds is 2. The maximum Gasteiger partial charge on any atom is 0.281 e. The van der Waals surface area contributed by atoms with Crippen LogP contribution in [0.5, 0.6) is 0 Å². The largest absolute Gasteiger partial charge is 0.337 e. The van der Waals surface area contributed by atoms with Gasteiger partial charge in [-0.05, 0) is 6.07 Å². The molecule has 0 saturated heterocycles. The molecule has 2 aromatic heterocycles. The van der Waals surface area contributed by atoms with Crippen molar-refractivity contribution in [3.05, 3.63) is 34.1 Å². The first kappa shape index (κ1) is 8.36. The van der Waals surface area contributed by atoms with Crippen molar-refractivity contribution < 1.29 is 9.72 Å². The Morgan fingerprint density at radius 2 is 2.36 bits per heavy atom. The summed E-state index contributed by atoms with van der Waals surface area (Å²) in [6, 6.07) is 2.71. The lowest BCUT2D eigenvalue weighted by molar-refractivity contribution is -0.383. The minimum absolute atomic E-state index is 0.0562. The number of aromatic nitrogens is 2. The van der Waals surface area contributed by atoms with Gasteiger partial charge in [0.1, 0.15) is 5.65 Å². The molecular formula is C8H5N3O3. The Hall–Kier alpha value is -2.24. The quantitative estimate of drug-likeness (QED) is 0.440. The van der Waals surface area contributed by atoms with Gasteiger partial charge < -0.3 is 4.98 Å². The minimum atomic E-state index is -0.508. The third-order valence-corrected chi connectivity index (χ3v) is 1.85. The standard InChI is InChI=1S/C8H5N3O3/c12-4-5-3-6-7(11(13)14)1-2-9-8(6)10-5/h1-4H,(H,9,10). The summed E-state index contributed by atoms with van der Waals surface area (Å²) in [4.78, 5) is 27.0. The lowest BCUT2D eigenvalue weighted by Gasteiger charge is -1.90. The van der Waals surface area contributed by atoms with Gasteiger partial charge in [-0.1, -0.05) is 0 Å². The van der Waals surface area contributed by atoms with Crippen LogP contribution in [0.2, 0.25) is 0 Å². The van der Waals surface area contributed by atoms with Crippen molar-refractivity contribution in [2.75, 3.05) is 0 Å². The maximum absolute atomic E-state index is 10.6. The van der Waals surface area contributed by atoms with Crippen LogP contribution in [-0.4, -0.2) is 21.2 Å². The Bertz CT molecular complexity index is 518. The molecule has 6 nitrogen and oxygen atoms in total. The molecule has 0 unspecified atom stereocenters. The monoisotopic (exact) mass is 191 g/mol. The Morgan fingerprint density at radius 3 is 3.00 bits per heavy atom. The van der Waals surface area contributed by atoms with Crippen LogP contribution in [0.1, 0.15) is 10.5 Å². The molecule has 0 radical (unpaired) electrons. The van der Waals surface area contributed by atoms with Crippen LogP contribution in [0, 0.1) is 10.1 Å². The van der Waals surface area contributed by atoms with Gasteiger partial charge in [0.05, 0.1) is 16.0 Å². The Balaban J connectivity index is 2.79. The van der Waals surface area contributed by atoms with Crippen LogP contribution < -0.4 is 0 Å². The molecule has 2 heterocycles. The molecule has 0 amide bonds. The number of aldehydes is 1.